The van der Waals surface area contributed by atoms with Gasteiger partial charge in [-0.2, -0.15) is 0 Å². The first-order valence-electron chi connectivity index (χ1n) is 7.03. The van der Waals surface area contributed by atoms with Crippen LogP contribution in [0.15, 0.2) is 12.1 Å². The number of carbonyl (C=O) groups is 1. The zero-order valence-corrected chi connectivity index (χ0v) is 14.0. The van der Waals surface area contributed by atoms with Gasteiger partial charge in [-0.05, 0) is 28.5 Å². The Morgan fingerprint density at radius 2 is 1.75 bits per heavy atom. The van der Waals surface area contributed by atoms with Crippen molar-refractivity contribution in [3.63, 3.8) is 0 Å². The Labute approximate surface area is 122 Å². The van der Waals surface area contributed by atoms with Gasteiger partial charge in [0.25, 0.3) is 5.91 Å². The molecule has 0 N–H and O–H groups in total. The van der Waals surface area contributed by atoms with E-state index in [1.165, 1.54) is 0 Å². The molecule has 20 heavy (non-hydrogen) atoms. The van der Waals surface area contributed by atoms with E-state index in [-0.39, 0.29) is 11.3 Å². The average Bonchev–Trinajstić information content (AvgIpc) is 2.34. The predicted octanol–water partition coefficient (Wildman–Crippen LogP) is 3.82. The average molecular weight is 277 g/mol. The highest BCUT2D eigenvalue weighted by Crippen LogP contribution is 2.36. The maximum Gasteiger partial charge on any atom is 0.257 e. The van der Waals surface area contributed by atoms with Crippen molar-refractivity contribution >= 4 is 5.91 Å². The SMILES string of the molecule is COc1c(C(=O)N(C)C)cc(C(C)(C)C)cc1C(C)C. The van der Waals surface area contributed by atoms with Crippen molar-refractivity contribution < 1.29 is 9.53 Å². The quantitative estimate of drug-likeness (QED) is 0.840. The van der Waals surface area contributed by atoms with Crippen molar-refractivity contribution in [1.82, 2.24) is 4.90 Å². The number of ether oxygens (including phenoxy) is 1. The van der Waals surface area contributed by atoms with Crippen LogP contribution in [0.1, 0.15) is 62.0 Å². The third-order valence-corrected chi connectivity index (χ3v) is 3.45. The van der Waals surface area contributed by atoms with Gasteiger partial charge in [-0.15, -0.1) is 0 Å². The third-order valence-electron chi connectivity index (χ3n) is 3.45. The molecule has 1 aromatic carbocycles. The fourth-order valence-corrected chi connectivity index (χ4v) is 2.14. The molecule has 1 amide bonds. The fraction of sp³-hybridized carbons (Fsp3) is 0.588. The molecule has 0 bridgehead atoms. The summed E-state index contributed by atoms with van der Waals surface area (Å²) < 4.78 is 5.53. The van der Waals surface area contributed by atoms with E-state index in [1.807, 2.05) is 6.07 Å². The number of carbonyl (C=O) groups excluding carboxylic acids is 1. The monoisotopic (exact) mass is 277 g/mol. The van der Waals surface area contributed by atoms with E-state index in [0.29, 0.717) is 17.2 Å². The molecule has 0 aliphatic heterocycles. The van der Waals surface area contributed by atoms with E-state index in [2.05, 4.69) is 40.7 Å². The first kappa shape index (κ1) is 16.5. The molecule has 0 aliphatic rings. The Bertz CT molecular complexity index is 496. The molecule has 3 nitrogen and oxygen atoms in total. The first-order chi connectivity index (χ1) is 9.09. The minimum atomic E-state index is -0.0187. The lowest BCUT2D eigenvalue weighted by Crippen LogP contribution is -2.24. The van der Waals surface area contributed by atoms with Crippen molar-refractivity contribution in [1.29, 1.82) is 0 Å². The van der Waals surface area contributed by atoms with Crippen molar-refractivity contribution in [3.8, 4) is 5.75 Å². The lowest BCUT2D eigenvalue weighted by molar-refractivity contribution is 0.0824. The summed E-state index contributed by atoms with van der Waals surface area (Å²) in [5.74, 6) is 0.988. The molecule has 0 unspecified atom stereocenters. The smallest absolute Gasteiger partial charge is 0.257 e. The highest BCUT2D eigenvalue weighted by molar-refractivity contribution is 5.97. The van der Waals surface area contributed by atoms with Crippen LogP contribution >= 0.6 is 0 Å². The zero-order valence-electron chi connectivity index (χ0n) is 14.0. The van der Waals surface area contributed by atoms with E-state index in [1.54, 1.807) is 26.1 Å². The van der Waals surface area contributed by atoms with Gasteiger partial charge in [0.1, 0.15) is 5.75 Å². The fourth-order valence-electron chi connectivity index (χ4n) is 2.14. The molecule has 0 spiro atoms. The highest BCUT2D eigenvalue weighted by Gasteiger charge is 2.24. The van der Waals surface area contributed by atoms with Crippen LogP contribution < -0.4 is 4.74 Å². The maximum atomic E-state index is 12.4. The molecule has 0 saturated carbocycles. The second-order valence-corrected chi connectivity index (χ2v) is 6.75. The lowest BCUT2D eigenvalue weighted by Gasteiger charge is -2.25. The molecule has 0 aromatic heterocycles. The summed E-state index contributed by atoms with van der Waals surface area (Å²) in [7, 11) is 5.16. The first-order valence-corrected chi connectivity index (χ1v) is 7.03. The standard InChI is InChI=1S/C17H27NO2/c1-11(2)13-9-12(17(3,4)5)10-14(15(13)20-8)16(19)18(6)7/h9-11H,1-8H3. The number of hydrogen-bond donors (Lipinski definition) is 0. The Kier molecular flexibility index (Phi) is 4.85. The summed E-state index contributed by atoms with van der Waals surface area (Å²) in [6, 6.07) is 4.13. The maximum absolute atomic E-state index is 12.4. The van der Waals surface area contributed by atoms with Crippen LogP contribution in [0.4, 0.5) is 0 Å². The Morgan fingerprint density at radius 1 is 1.20 bits per heavy atom. The van der Waals surface area contributed by atoms with E-state index in [0.717, 1.165) is 11.1 Å². The largest absolute Gasteiger partial charge is 0.496 e. The molecule has 0 fully saturated rings. The number of hydrogen-bond acceptors (Lipinski definition) is 2. The topological polar surface area (TPSA) is 29.5 Å². The number of benzene rings is 1. The van der Waals surface area contributed by atoms with Gasteiger partial charge < -0.3 is 9.64 Å². The number of methoxy groups -OCH3 is 1. The van der Waals surface area contributed by atoms with Gasteiger partial charge in [0.05, 0.1) is 12.7 Å². The Hall–Kier alpha value is -1.51. The molecule has 0 radical (unpaired) electrons. The molecule has 0 atom stereocenters. The van der Waals surface area contributed by atoms with Crippen LogP contribution in [0.25, 0.3) is 0 Å². The van der Waals surface area contributed by atoms with E-state index >= 15 is 0 Å². The van der Waals surface area contributed by atoms with Crippen molar-refractivity contribution in [2.75, 3.05) is 21.2 Å². The van der Waals surface area contributed by atoms with Crippen LogP contribution in [-0.2, 0) is 5.41 Å². The summed E-state index contributed by atoms with van der Waals surface area (Å²) in [6.45, 7) is 10.7. The summed E-state index contributed by atoms with van der Waals surface area (Å²) in [4.78, 5) is 14.0. The molecular weight excluding hydrogens is 250 g/mol. The van der Waals surface area contributed by atoms with E-state index in [9.17, 15) is 4.79 Å². The number of rotatable bonds is 3. The number of nitrogens with zero attached hydrogens (tertiary/aromatic N) is 1. The van der Waals surface area contributed by atoms with Crippen LogP contribution in [0.5, 0.6) is 5.75 Å². The van der Waals surface area contributed by atoms with Gasteiger partial charge in [0.15, 0.2) is 0 Å². The molecule has 112 valence electrons. The minimum Gasteiger partial charge on any atom is -0.496 e. The van der Waals surface area contributed by atoms with E-state index in [4.69, 9.17) is 4.74 Å². The molecule has 3 heteroatoms. The molecule has 0 saturated heterocycles. The minimum absolute atomic E-state index is 0.00272. The summed E-state index contributed by atoms with van der Waals surface area (Å²) >= 11 is 0. The molecular formula is C17H27NO2. The zero-order chi connectivity index (χ0) is 15.7. The van der Waals surface area contributed by atoms with Crippen molar-refractivity contribution in [2.24, 2.45) is 0 Å². The van der Waals surface area contributed by atoms with Crippen molar-refractivity contribution in [3.05, 3.63) is 28.8 Å². The van der Waals surface area contributed by atoms with Gasteiger partial charge in [-0.25, -0.2) is 0 Å². The summed E-state index contributed by atoms with van der Waals surface area (Å²) in [6.07, 6.45) is 0. The second-order valence-electron chi connectivity index (χ2n) is 6.75. The number of amides is 1. The van der Waals surface area contributed by atoms with Gasteiger partial charge in [0, 0.05) is 14.1 Å². The highest BCUT2D eigenvalue weighted by atomic mass is 16.5. The lowest BCUT2D eigenvalue weighted by atomic mass is 9.83. The van der Waals surface area contributed by atoms with Gasteiger partial charge in [-0.1, -0.05) is 40.7 Å². The van der Waals surface area contributed by atoms with Crippen LogP contribution in [0.2, 0.25) is 0 Å². The predicted molar refractivity (Wildman–Crippen MR) is 83.8 cm³/mol. The Balaban J connectivity index is 3.62. The Morgan fingerprint density at radius 3 is 2.10 bits per heavy atom. The van der Waals surface area contributed by atoms with E-state index < -0.39 is 0 Å². The van der Waals surface area contributed by atoms with Gasteiger partial charge >= 0.3 is 0 Å². The third kappa shape index (κ3) is 3.33. The molecule has 1 aromatic rings. The van der Waals surface area contributed by atoms with Crippen LogP contribution in [-0.4, -0.2) is 32.0 Å². The van der Waals surface area contributed by atoms with Crippen molar-refractivity contribution in [2.45, 2.75) is 46.0 Å². The normalized spacial score (nSPS) is 11.7. The van der Waals surface area contributed by atoms with Crippen LogP contribution in [0, 0.1) is 0 Å². The van der Waals surface area contributed by atoms with Crippen LogP contribution in [0.3, 0.4) is 0 Å². The summed E-state index contributed by atoms with van der Waals surface area (Å²) in [5, 5.41) is 0. The second kappa shape index (κ2) is 5.86. The molecule has 0 heterocycles. The van der Waals surface area contributed by atoms with Gasteiger partial charge in [0.2, 0.25) is 0 Å². The van der Waals surface area contributed by atoms with Gasteiger partial charge in [-0.3, -0.25) is 4.79 Å². The molecule has 1 rings (SSSR count). The molecule has 0 aliphatic carbocycles. The summed E-state index contributed by atoms with van der Waals surface area (Å²) in [5.41, 5.74) is 2.89.